The molecule has 0 saturated carbocycles. The van der Waals surface area contributed by atoms with E-state index >= 15 is 0 Å². The molecule has 1 heterocycles. The van der Waals surface area contributed by atoms with Gasteiger partial charge in [0.05, 0.1) is 0 Å². The summed E-state index contributed by atoms with van der Waals surface area (Å²) in [6.45, 7) is 4.61. The molecule has 0 amide bonds. The van der Waals surface area contributed by atoms with Crippen molar-refractivity contribution < 1.29 is 4.57 Å². The first-order valence-electron chi connectivity index (χ1n) is 16.9. The van der Waals surface area contributed by atoms with Gasteiger partial charge in [-0.15, -0.1) is 0 Å². The van der Waals surface area contributed by atoms with Crippen LogP contribution in [0.2, 0.25) is 0 Å². The number of aromatic nitrogens is 2. The van der Waals surface area contributed by atoms with Crippen LogP contribution in [-0.2, 0) is 6.42 Å². The Kier molecular flexibility index (Phi) is 20.0. The van der Waals surface area contributed by atoms with Crippen LogP contribution in [0.15, 0.2) is 49.1 Å². The standard InChI is InChI=1S/C36H62N2/c1-3-5-7-9-11-12-13-14-15-16-17-18-19-24-28-35(32-34-26-22-21-23-27-34)36(38-31-30-37-33-38)29-25-20-10-8-6-4-2/h21-23,26-27,30-31,33,35-36H,3-20,24-25,28-29,32H2,1-2H3/p+1. The Labute approximate surface area is 237 Å². The molecule has 1 N–H and O–H groups in total. The van der Waals surface area contributed by atoms with Gasteiger partial charge in [0.15, 0.2) is 0 Å². The highest BCUT2D eigenvalue weighted by Gasteiger charge is 2.26. The summed E-state index contributed by atoms with van der Waals surface area (Å²) in [6.07, 6.45) is 38.8. The fourth-order valence-corrected chi connectivity index (χ4v) is 6.22. The van der Waals surface area contributed by atoms with Crippen LogP contribution >= 0.6 is 0 Å². The predicted octanol–water partition coefficient (Wildman–Crippen LogP) is 11.3. The van der Waals surface area contributed by atoms with Crippen molar-refractivity contribution in [2.75, 3.05) is 0 Å². The number of hydrogen-bond acceptors (Lipinski definition) is 0. The van der Waals surface area contributed by atoms with Crippen molar-refractivity contribution in [3.05, 3.63) is 54.6 Å². The molecule has 0 aliphatic rings. The number of rotatable bonds is 26. The minimum atomic E-state index is 0.606. The van der Waals surface area contributed by atoms with Gasteiger partial charge in [-0.2, -0.15) is 0 Å². The molecule has 0 spiro atoms. The van der Waals surface area contributed by atoms with Gasteiger partial charge in [0.2, 0.25) is 6.33 Å². The second-order valence-corrected chi connectivity index (χ2v) is 12.0. The Morgan fingerprint density at radius 2 is 1.05 bits per heavy atom. The van der Waals surface area contributed by atoms with Gasteiger partial charge < -0.3 is 0 Å². The summed E-state index contributed by atoms with van der Waals surface area (Å²) in [5, 5.41) is 0. The molecule has 2 unspecified atom stereocenters. The summed E-state index contributed by atoms with van der Waals surface area (Å²) >= 11 is 0. The van der Waals surface area contributed by atoms with E-state index in [2.05, 4.69) is 72.5 Å². The Morgan fingerprint density at radius 3 is 1.53 bits per heavy atom. The van der Waals surface area contributed by atoms with E-state index in [0.717, 1.165) is 0 Å². The Bertz CT molecular complexity index is 723. The van der Waals surface area contributed by atoms with Crippen LogP contribution in [0.4, 0.5) is 0 Å². The summed E-state index contributed by atoms with van der Waals surface area (Å²) in [5.41, 5.74) is 1.51. The van der Waals surface area contributed by atoms with Crippen molar-refractivity contribution in [1.82, 2.24) is 4.98 Å². The first-order valence-corrected chi connectivity index (χ1v) is 16.9. The van der Waals surface area contributed by atoms with Gasteiger partial charge in [0, 0.05) is 5.92 Å². The van der Waals surface area contributed by atoms with Crippen molar-refractivity contribution in [3.63, 3.8) is 0 Å². The predicted molar refractivity (Wildman–Crippen MR) is 167 cm³/mol. The number of nitrogens with one attached hydrogen (secondary N) is 1. The van der Waals surface area contributed by atoms with E-state index in [-0.39, 0.29) is 0 Å². The highest BCUT2D eigenvalue weighted by Crippen LogP contribution is 2.29. The largest absolute Gasteiger partial charge is 0.250 e. The van der Waals surface area contributed by atoms with Crippen molar-refractivity contribution in [2.24, 2.45) is 5.92 Å². The molecule has 1 aromatic carbocycles. The van der Waals surface area contributed by atoms with E-state index in [1.165, 1.54) is 153 Å². The molecule has 0 aliphatic heterocycles. The van der Waals surface area contributed by atoms with Crippen molar-refractivity contribution in [1.29, 1.82) is 0 Å². The van der Waals surface area contributed by atoms with Crippen molar-refractivity contribution in [2.45, 2.75) is 168 Å². The third-order valence-electron chi connectivity index (χ3n) is 8.62. The van der Waals surface area contributed by atoms with E-state index in [0.29, 0.717) is 12.0 Å². The van der Waals surface area contributed by atoms with Crippen LogP contribution < -0.4 is 4.57 Å². The number of hydrogen-bond donors (Lipinski definition) is 1. The Balaban J connectivity index is 1.72. The monoisotopic (exact) mass is 523 g/mol. The number of imidazole rings is 1. The number of unbranched alkanes of at least 4 members (excludes halogenated alkanes) is 18. The summed E-state index contributed by atoms with van der Waals surface area (Å²) in [7, 11) is 0. The molecule has 0 radical (unpaired) electrons. The molecule has 1 aromatic heterocycles. The van der Waals surface area contributed by atoms with E-state index < -0.39 is 0 Å². The van der Waals surface area contributed by atoms with Crippen LogP contribution in [-0.4, -0.2) is 4.98 Å². The average Bonchev–Trinajstić information content (AvgIpc) is 3.48. The van der Waals surface area contributed by atoms with Crippen molar-refractivity contribution in [3.8, 4) is 0 Å². The Hall–Kier alpha value is -1.57. The molecule has 0 aliphatic carbocycles. The molecule has 2 rings (SSSR count). The van der Waals surface area contributed by atoms with Crippen LogP contribution in [0.3, 0.4) is 0 Å². The van der Waals surface area contributed by atoms with Crippen LogP contribution in [0.25, 0.3) is 0 Å². The number of H-pyrrole nitrogens is 1. The highest BCUT2D eigenvalue weighted by molar-refractivity contribution is 5.15. The third kappa shape index (κ3) is 15.7. The zero-order chi connectivity index (χ0) is 26.9. The third-order valence-corrected chi connectivity index (χ3v) is 8.62. The molecule has 2 aromatic rings. The molecular formula is C36H63N2+. The van der Waals surface area contributed by atoms with Gasteiger partial charge in [-0.05, 0) is 31.2 Å². The lowest BCUT2D eigenvalue weighted by molar-refractivity contribution is -0.730. The van der Waals surface area contributed by atoms with Crippen LogP contribution in [0.1, 0.15) is 167 Å². The zero-order valence-corrected chi connectivity index (χ0v) is 25.5. The minimum absolute atomic E-state index is 0.606. The maximum absolute atomic E-state index is 3.33. The lowest BCUT2D eigenvalue weighted by atomic mass is 9.84. The number of benzene rings is 1. The van der Waals surface area contributed by atoms with Gasteiger partial charge in [-0.25, -0.2) is 4.57 Å². The fourth-order valence-electron chi connectivity index (χ4n) is 6.22. The number of aromatic amines is 1. The number of nitrogens with zero attached hydrogens (tertiary/aromatic N) is 1. The smallest absolute Gasteiger partial charge is 0.241 e. The second kappa shape index (κ2) is 23.3. The summed E-state index contributed by atoms with van der Waals surface area (Å²) in [5.74, 6) is 0.714. The van der Waals surface area contributed by atoms with Gasteiger partial charge in [0.25, 0.3) is 0 Å². The van der Waals surface area contributed by atoms with Gasteiger partial charge in [0.1, 0.15) is 18.4 Å². The molecule has 2 nitrogen and oxygen atoms in total. The average molecular weight is 524 g/mol. The molecule has 0 bridgehead atoms. The topological polar surface area (TPSA) is 19.7 Å². The van der Waals surface area contributed by atoms with Gasteiger partial charge >= 0.3 is 0 Å². The molecule has 0 saturated heterocycles. The van der Waals surface area contributed by atoms with E-state index in [4.69, 9.17) is 0 Å². The lowest BCUT2D eigenvalue weighted by Gasteiger charge is -2.25. The summed E-state index contributed by atoms with van der Waals surface area (Å²) < 4.78 is 2.49. The maximum Gasteiger partial charge on any atom is 0.241 e. The first kappa shape index (κ1) is 32.6. The molecule has 38 heavy (non-hydrogen) atoms. The minimum Gasteiger partial charge on any atom is -0.250 e. The summed E-state index contributed by atoms with van der Waals surface area (Å²) in [4.78, 5) is 3.33. The maximum atomic E-state index is 3.33. The molecule has 216 valence electrons. The normalized spacial score (nSPS) is 13.1. The lowest BCUT2D eigenvalue weighted by Crippen LogP contribution is -2.42. The van der Waals surface area contributed by atoms with Crippen LogP contribution in [0.5, 0.6) is 0 Å². The SMILES string of the molecule is CCCCCCCCCCCCCCCCC(Cc1ccccc1)C(CCCCCCCC)[n+]1cc[nH]c1. The van der Waals surface area contributed by atoms with Gasteiger partial charge in [-0.1, -0.05) is 166 Å². The fraction of sp³-hybridized carbons (Fsp3) is 0.750. The van der Waals surface area contributed by atoms with E-state index in [9.17, 15) is 0 Å². The van der Waals surface area contributed by atoms with E-state index in [1.54, 1.807) is 0 Å². The molecule has 2 heteroatoms. The van der Waals surface area contributed by atoms with Gasteiger partial charge in [-0.3, -0.25) is 4.98 Å². The Morgan fingerprint density at radius 1 is 0.579 bits per heavy atom. The zero-order valence-electron chi connectivity index (χ0n) is 25.5. The molecule has 2 atom stereocenters. The summed E-state index contributed by atoms with van der Waals surface area (Å²) in [6, 6.07) is 11.9. The second-order valence-electron chi connectivity index (χ2n) is 12.0. The highest BCUT2D eigenvalue weighted by atomic mass is 15.1. The quantitative estimate of drug-likeness (QED) is 0.0934. The molecular weight excluding hydrogens is 460 g/mol. The molecule has 0 fully saturated rings. The van der Waals surface area contributed by atoms with E-state index in [1.807, 2.05) is 0 Å². The van der Waals surface area contributed by atoms with Crippen LogP contribution in [0, 0.1) is 5.92 Å². The first-order chi connectivity index (χ1) is 18.8. The van der Waals surface area contributed by atoms with Crippen molar-refractivity contribution >= 4 is 0 Å².